The number of carboxylic acids is 1. The van der Waals surface area contributed by atoms with Gasteiger partial charge in [-0.2, -0.15) is 0 Å². The summed E-state index contributed by atoms with van der Waals surface area (Å²) >= 11 is 4.17. The Labute approximate surface area is 173 Å². The first-order valence-electron chi connectivity index (χ1n) is 8.67. The van der Waals surface area contributed by atoms with Gasteiger partial charge in [0.05, 0.1) is 0 Å². The first-order valence-corrected chi connectivity index (χ1v) is 11.3. The number of halogens is 1. The van der Waals surface area contributed by atoms with Crippen molar-refractivity contribution in [1.82, 2.24) is 5.32 Å². The van der Waals surface area contributed by atoms with Crippen LogP contribution in [0.2, 0.25) is 3.07 Å². The molecule has 3 nitrogen and oxygen atoms in total. The molecule has 0 aliphatic heterocycles. The molecule has 2 unspecified atom stereocenters. The molecule has 2 aliphatic rings. The van der Waals surface area contributed by atoms with Crippen molar-refractivity contribution >= 4 is 53.6 Å². The van der Waals surface area contributed by atoms with Crippen LogP contribution in [0, 0.1) is 11.8 Å². The molecule has 2 N–H and O–H groups in total. The topological polar surface area (TPSA) is 49.3 Å². The number of hydrogen-bond acceptors (Lipinski definition) is 2. The molecular formula is C19H25INO2Po. The van der Waals surface area contributed by atoms with Crippen molar-refractivity contribution in [3.8, 4) is 0 Å². The normalized spacial score (nSPS) is 37.0. The minimum atomic E-state index is -0.704. The van der Waals surface area contributed by atoms with Crippen molar-refractivity contribution < 1.29 is 9.90 Å². The van der Waals surface area contributed by atoms with Gasteiger partial charge in [0.2, 0.25) is 0 Å². The van der Waals surface area contributed by atoms with Crippen molar-refractivity contribution in [2.75, 3.05) is 0 Å². The molecule has 0 aromatic heterocycles. The summed E-state index contributed by atoms with van der Waals surface area (Å²) in [6.07, 6.45) is 5.92. The van der Waals surface area contributed by atoms with Crippen LogP contribution in [0.3, 0.4) is 0 Å². The maximum atomic E-state index is 12.0. The van der Waals surface area contributed by atoms with Crippen molar-refractivity contribution in [1.29, 1.82) is 0 Å². The third-order valence-corrected chi connectivity index (χ3v) is 8.28. The number of fused-ring (bicyclic) bond motifs is 2. The van der Waals surface area contributed by atoms with Crippen LogP contribution >= 0.6 is 22.6 Å². The van der Waals surface area contributed by atoms with Crippen molar-refractivity contribution in [3.05, 3.63) is 35.9 Å². The predicted octanol–water partition coefficient (Wildman–Crippen LogP) is 3.96. The second kappa shape index (κ2) is 7.49. The van der Waals surface area contributed by atoms with Crippen LogP contribution in [0.25, 0.3) is 0 Å². The fourth-order valence-electron chi connectivity index (χ4n) is 4.84. The van der Waals surface area contributed by atoms with E-state index in [1.54, 1.807) is 25.1 Å². The number of carbonyl (C=O) groups is 1. The van der Waals surface area contributed by atoms with E-state index in [0.717, 1.165) is 18.4 Å². The second-order valence-corrected chi connectivity index (χ2v) is 13.9. The average Bonchev–Trinajstić information content (AvgIpc) is 2.45. The number of benzene rings is 1. The van der Waals surface area contributed by atoms with Gasteiger partial charge in [-0.15, -0.1) is 0 Å². The number of carboxylic acid groups (broad SMARTS) is 1. The minimum absolute atomic E-state index is 0.169. The van der Waals surface area contributed by atoms with E-state index >= 15 is 0 Å². The van der Waals surface area contributed by atoms with Gasteiger partial charge in [-0.1, -0.05) is 0 Å². The molecule has 1 aromatic rings. The summed E-state index contributed by atoms with van der Waals surface area (Å²) in [4.78, 5) is 12.0. The molecule has 24 heavy (non-hydrogen) atoms. The summed E-state index contributed by atoms with van der Waals surface area (Å²) in [6, 6.07) is 9.62. The number of hydrogen-bond donors (Lipinski definition) is 2. The van der Waals surface area contributed by atoms with E-state index < -0.39 is 12.0 Å². The average molecular weight is 635 g/mol. The summed E-state index contributed by atoms with van der Waals surface area (Å²) in [7, 11) is 0. The summed E-state index contributed by atoms with van der Waals surface area (Å²) in [5.74, 6) is 0.680. The van der Waals surface area contributed by atoms with Crippen LogP contribution in [0.4, 0.5) is 0 Å². The van der Waals surface area contributed by atoms with Crippen molar-refractivity contribution in [3.63, 3.8) is 0 Å². The first kappa shape index (κ1) is 19.0. The van der Waals surface area contributed by atoms with Gasteiger partial charge in [0, 0.05) is 0 Å². The predicted molar refractivity (Wildman–Crippen MR) is 106 cm³/mol. The van der Waals surface area contributed by atoms with Gasteiger partial charge in [-0.05, 0) is 0 Å². The van der Waals surface area contributed by atoms with Crippen LogP contribution in [0.15, 0.2) is 30.3 Å². The van der Waals surface area contributed by atoms with E-state index in [-0.39, 0.29) is 3.42 Å². The second-order valence-electron chi connectivity index (χ2n) is 7.91. The number of alkyl halides is 1. The Morgan fingerprint density at radius 3 is 2.42 bits per heavy atom. The van der Waals surface area contributed by atoms with E-state index in [2.05, 4.69) is 34.8 Å². The SMILES string of the molecule is C[C]1([Po])CC2CC(C1)CC(I)([C@H](NCc1ccccc1)C(=O)O)C2. The fourth-order valence-corrected chi connectivity index (χ4v) is 8.40. The van der Waals surface area contributed by atoms with Crippen LogP contribution in [-0.2, 0) is 11.3 Å². The van der Waals surface area contributed by atoms with Gasteiger partial charge >= 0.3 is 175 Å². The maximum absolute atomic E-state index is 12.0. The van der Waals surface area contributed by atoms with Gasteiger partial charge in [-0.25, -0.2) is 0 Å². The molecule has 0 saturated heterocycles. The Morgan fingerprint density at radius 2 is 1.88 bits per heavy atom. The number of nitrogens with one attached hydrogen (secondary N) is 1. The molecule has 0 heterocycles. The molecule has 3 rings (SSSR count). The van der Waals surface area contributed by atoms with Crippen LogP contribution in [0.1, 0.15) is 44.6 Å². The van der Waals surface area contributed by atoms with Crippen LogP contribution in [-0.4, -0.2) is 45.6 Å². The third-order valence-electron chi connectivity index (χ3n) is 5.48. The molecule has 1 aromatic carbocycles. The zero-order valence-electron chi connectivity index (χ0n) is 14.0. The summed E-state index contributed by atoms with van der Waals surface area (Å²) < 4.78 is 0.333. The third kappa shape index (κ3) is 4.51. The Hall–Kier alpha value is 0.276. The molecule has 1 radical (unpaired) electrons. The standard InChI is InChI=1S/C19H25INO2.Po/c1-13-7-15-9-16(8-13)11-19(20,10-15)17(18(22)23)21-12-14-5-3-2-4-6-14;/h2-6,15-17,21H,7-12H2,1H3,(H,22,23);/t15?,16?,17-,19?;/m1./s1. The summed E-state index contributed by atoms with van der Waals surface area (Å²) in [5.41, 5.74) is 1.14. The van der Waals surface area contributed by atoms with Crippen LogP contribution < -0.4 is 5.32 Å². The zero-order valence-corrected chi connectivity index (χ0v) is 19.3. The number of rotatable bonds is 5. The molecule has 3 atom stereocenters. The quantitative estimate of drug-likeness (QED) is 0.381. The van der Waals surface area contributed by atoms with E-state index in [4.69, 9.17) is 0 Å². The van der Waals surface area contributed by atoms with E-state index in [1.807, 2.05) is 30.3 Å². The molecule has 2 fully saturated rings. The van der Waals surface area contributed by atoms with Crippen LogP contribution in [0.5, 0.6) is 0 Å². The zero-order chi connectivity index (χ0) is 17.4. The molecule has 0 amide bonds. The van der Waals surface area contributed by atoms with Gasteiger partial charge in [0.15, 0.2) is 0 Å². The Kier molecular flexibility index (Phi) is 5.94. The molecule has 2 bridgehead atoms. The van der Waals surface area contributed by atoms with Gasteiger partial charge in [-0.3, -0.25) is 0 Å². The molecule has 2 aliphatic carbocycles. The van der Waals surface area contributed by atoms with Crippen molar-refractivity contribution in [2.24, 2.45) is 11.8 Å². The fraction of sp³-hybridized carbons (Fsp3) is 0.632. The molecule has 0 spiro atoms. The Bertz CT molecular complexity index is 576. The van der Waals surface area contributed by atoms with E-state index in [9.17, 15) is 9.90 Å². The summed E-state index contributed by atoms with van der Waals surface area (Å²) in [5, 5.41) is 13.2. The van der Waals surface area contributed by atoms with Gasteiger partial charge in [0.25, 0.3) is 0 Å². The van der Waals surface area contributed by atoms with E-state index in [1.165, 1.54) is 19.3 Å². The monoisotopic (exact) mass is 635 g/mol. The van der Waals surface area contributed by atoms with Gasteiger partial charge < -0.3 is 0 Å². The van der Waals surface area contributed by atoms with Gasteiger partial charge in [0.1, 0.15) is 0 Å². The molecule has 5 heteroatoms. The molecule has 131 valence electrons. The van der Waals surface area contributed by atoms with E-state index in [0.29, 0.717) is 21.5 Å². The molecular weight excluding hydrogens is 610 g/mol. The first-order chi connectivity index (χ1) is 11.3. The van der Waals surface area contributed by atoms with Crippen molar-refractivity contribution in [2.45, 2.75) is 58.1 Å². The molecule has 2 saturated carbocycles. The summed E-state index contributed by atoms with van der Waals surface area (Å²) in [6.45, 7) is 3.03. The Balaban J connectivity index is 1.72. The Morgan fingerprint density at radius 1 is 1.29 bits per heavy atom. The number of aliphatic carboxylic acids is 1.